The SMILES string of the molecule is Cn1c(COC(=O)c2nc(Cl)c(N)nc2N)[n+](C)c2ccc(Cl)cc21.[I-]. The Kier molecular flexibility index (Phi) is 6.14. The molecule has 2 aromatic heterocycles. The highest BCUT2D eigenvalue weighted by atomic mass is 127. The van der Waals surface area contributed by atoms with Crippen molar-refractivity contribution >= 4 is 51.8 Å². The van der Waals surface area contributed by atoms with Crippen LogP contribution in [0.2, 0.25) is 10.2 Å². The van der Waals surface area contributed by atoms with Gasteiger partial charge in [0.15, 0.2) is 40.1 Å². The fraction of sp³-hybridized carbons (Fsp3) is 0.200. The number of esters is 1. The Morgan fingerprint density at radius 2 is 1.96 bits per heavy atom. The Balaban J connectivity index is 0.00000243. The largest absolute Gasteiger partial charge is 1.00 e. The van der Waals surface area contributed by atoms with Crippen molar-refractivity contribution in [3.8, 4) is 0 Å². The summed E-state index contributed by atoms with van der Waals surface area (Å²) in [6, 6.07) is 5.53. The first-order chi connectivity index (χ1) is 11.8. The molecule has 11 heteroatoms. The standard InChI is InChI=1S/C15H14Cl2N6O2.HI/c1-22-8-4-3-7(16)5-9(8)23(2)10(22)6-25-15(24)11-13(18)21-14(19)12(17)20-11;/h3-5H,6H2,1-2H3,(H3-,18,19,21,24);1H. The van der Waals surface area contributed by atoms with Crippen molar-refractivity contribution in [3.05, 3.63) is 39.9 Å². The number of fused-ring (bicyclic) bond motifs is 1. The van der Waals surface area contributed by atoms with Crippen LogP contribution in [0.15, 0.2) is 18.2 Å². The van der Waals surface area contributed by atoms with Gasteiger partial charge >= 0.3 is 5.97 Å². The molecule has 0 saturated carbocycles. The van der Waals surface area contributed by atoms with Crippen molar-refractivity contribution in [3.63, 3.8) is 0 Å². The lowest BCUT2D eigenvalue weighted by atomic mass is 10.3. The number of carbonyl (C=O) groups is 1. The quantitative estimate of drug-likeness (QED) is 0.256. The van der Waals surface area contributed by atoms with Gasteiger partial charge in [-0.05, 0) is 12.1 Å². The average Bonchev–Trinajstić information content (AvgIpc) is 2.79. The summed E-state index contributed by atoms with van der Waals surface area (Å²) >= 11 is 11.8. The minimum absolute atomic E-state index is 0. The number of halogens is 3. The number of imidazole rings is 1. The number of carbonyl (C=O) groups excluding carboxylic acids is 1. The fourth-order valence-corrected chi connectivity index (χ4v) is 2.83. The lowest BCUT2D eigenvalue weighted by molar-refractivity contribution is -0.655. The summed E-state index contributed by atoms with van der Waals surface area (Å²) in [7, 11) is 3.73. The first-order valence-corrected chi connectivity index (χ1v) is 7.93. The van der Waals surface area contributed by atoms with Crippen molar-refractivity contribution in [1.29, 1.82) is 0 Å². The van der Waals surface area contributed by atoms with Crippen molar-refractivity contribution in [2.45, 2.75) is 6.61 Å². The molecular weight excluding hydrogens is 494 g/mol. The number of hydrogen-bond donors (Lipinski definition) is 2. The van der Waals surface area contributed by atoms with Gasteiger partial charge in [0.1, 0.15) is 0 Å². The van der Waals surface area contributed by atoms with Crippen LogP contribution in [-0.2, 0) is 25.4 Å². The number of aromatic nitrogens is 4. The summed E-state index contributed by atoms with van der Waals surface area (Å²) in [5, 5.41) is 0.516. The van der Waals surface area contributed by atoms with E-state index in [1.54, 1.807) is 6.07 Å². The molecule has 2 heterocycles. The molecule has 0 aliphatic carbocycles. The van der Waals surface area contributed by atoms with Gasteiger partial charge in [-0.1, -0.05) is 23.2 Å². The molecule has 0 radical (unpaired) electrons. The van der Waals surface area contributed by atoms with Gasteiger partial charge in [0.05, 0.1) is 14.1 Å². The van der Waals surface area contributed by atoms with Crippen LogP contribution in [0.3, 0.4) is 0 Å². The maximum atomic E-state index is 12.3. The third-order valence-corrected chi connectivity index (χ3v) is 4.38. The number of aryl methyl sites for hydroxylation is 2. The van der Waals surface area contributed by atoms with Crippen LogP contribution >= 0.6 is 23.2 Å². The minimum atomic E-state index is -0.741. The zero-order chi connectivity index (χ0) is 18.3. The number of nitrogens with two attached hydrogens (primary N) is 2. The Hall–Kier alpha value is -1.85. The fourth-order valence-electron chi connectivity index (χ4n) is 2.54. The van der Waals surface area contributed by atoms with Gasteiger partial charge in [-0.3, -0.25) is 0 Å². The third kappa shape index (κ3) is 3.64. The zero-order valence-corrected chi connectivity index (χ0v) is 17.5. The number of ether oxygens (including phenoxy) is 1. The second kappa shape index (κ2) is 7.80. The molecule has 3 aromatic rings. The maximum Gasteiger partial charge on any atom is 0.361 e. The Morgan fingerprint density at radius 3 is 2.65 bits per heavy atom. The number of nitrogens with zero attached hydrogens (tertiary/aromatic N) is 4. The number of rotatable bonds is 3. The number of anilines is 2. The number of nitrogen functional groups attached to an aromatic ring is 2. The highest BCUT2D eigenvalue weighted by Crippen LogP contribution is 2.20. The summed E-state index contributed by atoms with van der Waals surface area (Å²) in [6.07, 6.45) is 0. The smallest absolute Gasteiger partial charge is 0.361 e. The minimum Gasteiger partial charge on any atom is -1.00 e. The average molecular weight is 509 g/mol. The first kappa shape index (κ1) is 20.5. The molecule has 0 atom stereocenters. The van der Waals surface area contributed by atoms with E-state index in [1.165, 1.54) is 0 Å². The van der Waals surface area contributed by atoms with E-state index in [9.17, 15) is 4.79 Å². The van der Waals surface area contributed by atoms with Crippen LogP contribution < -0.4 is 40.0 Å². The molecule has 1 aromatic carbocycles. The van der Waals surface area contributed by atoms with E-state index in [-0.39, 0.29) is 53.1 Å². The normalized spacial score (nSPS) is 10.6. The topological polar surface area (TPSA) is 113 Å². The monoisotopic (exact) mass is 508 g/mol. The van der Waals surface area contributed by atoms with Gasteiger partial charge in [0.25, 0.3) is 5.82 Å². The molecule has 0 unspecified atom stereocenters. The van der Waals surface area contributed by atoms with Gasteiger partial charge in [-0.2, -0.15) is 0 Å². The van der Waals surface area contributed by atoms with E-state index >= 15 is 0 Å². The predicted octanol–water partition coefficient (Wildman–Crippen LogP) is -1.37. The highest BCUT2D eigenvalue weighted by molar-refractivity contribution is 6.31. The molecule has 3 rings (SSSR count). The first-order valence-electron chi connectivity index (χ1n) is 7.18. The molecule has 0 amide bonds. The van der Waals surface area contributed by atoms with E-state index in [0.29, 0.717) is 5.02 Å². The Bertz CT molecular complexity index is 1010. The molecule has 0 saturated heterocycles. The number of hydrogen-bond acceptors (Lipinski definition) is 6. The van der Waals surface area contributed by atoms with Crippen molar-refractivity contribution in [2.75, 3.05) is 11.5 Å². The Labute approximate surface area is 176 Å². The molecule has 8 nitrogen and oxygen atoms in total. The van der Waals surface area contributed by atoms with Crippen LogP contribution in [0.1, 0.15) is 16.3 Å². The zero-order valence-electron chi connectivity index (χ0n) is 13.8. The molecule has 0 aliphatic rings. The molecule has 138 valence electrons. The summed E-state index contributed by atoms with van der Waals surface area (Å²) in [6.45, 7) is 0.00124. The third-order valence-electron chi connectivity index (χ3n) is 3.87. The van der Waals surface area contributed by atoms with Crippen LogP contribution in [0.25, 0.3) is 11.0 Å². The van der Waals surface area contributed by atoms with E-state index in [0.717, 1.165) is 16.9 Å². The molecule has 0 spiro atoms. The maximum absolute atomic E-state index is 12.3. The number of benzene rings is 1. The summed E-state index contributed by atoms with van der Waals surface area (Å²) in [5.74, 6) is -0.179. The van der Waals surface area contributed by atoms with Crippen LogP contribution in [0.5, 0.6) is 0 Å². The molecule has 0 fully saturated rings. The summed E-state index contributed by atoms with van der Waals surface area (Å²) < 4.78 is 9.11. The molecule has 4 N–H and O–H groups in total. The van der Waals surface area contributed by atoms with Crippen molar-refractivity contribution in [2.24, 2.45) is 14.1 Å². The van der Waals surface area contributed by atoms with Crippen LogP contribution in [0, 0.1) is 0 Å². The lowest BCUT2D eigenvalue weighted by Gasteiger charge is -2.06. The van der Waals surface area contributed by atoms with Gasteiger partial charge in [-0.25, -0.2) is 23.9 Å². The second-order valence-electron chi connectivity index (χ2n) is 5.38. The summed E-state index contributed by atoms with van der Waals surface area (Å²) in [5.41, 5.74) is 12.8. The Morgan fingerprint density at radius 1 is 1.27 bits per heavy atom. The molecule has 0 bridgehead atoms. The second-order valence-corrected chi connectivity index (χ2v) is 6.17. The lowest BCUT2D eigenvalue weighted by Crippen LogP contribution is -3.00. The van der Waals surface area contributed by atoms with E-state index in [2.05, 4.69) is 9.97 Å². The van der Waals surface area contributed by atoms with Gasteiger partial charge in [0, 0.05) is 11.1 Å². The van der Waals surface area contributed by atoms with Crippen LogP contribution in [-0.4, -0.2) is 20.5 Å². The van der Waals surface area contributed by atoms with Crippen LogP contribution in [0.4, 0.5) is 11.6 Å². The predicted molar refractivity (Wildman–Crippen MR) is 94.1 cm³/mol. The van der Waals surface area contributed by atoms with E-state index in [1.807, 2.05) is 35.4 Å². The molecular formula is C15H15Cl2IN6O2. The summed E-state index contributed by atoms with van der Waals surface area (Å²) in [4.78, 5) is 19.8. The van der Waals surface area contributed by atoms with Crippen molar-refractivity contribution in [1.82, 2.24) is 14.5 Å². The van der Waals surface area contributed by atoms with Crippen molar-refractivity contribution < 1.29 is 38.1 Å². The van der Waals surface area contributed by atoms with Gasteiger partial charge in [-0.15, -0.1) is 0 Å². The van der Waals surface area contributed by atoms with E-state index in [4.69, 9.17) is 39.4 Å². The van der Waals surface area contributed by atoms with Gasteiger partial charge in [0.2, 0.25) is 0 Å². The molecule has 26 heavy (non-hydrogen) atoms. The highest BCUT2D eigenvalue weighted by Gasteiger charge is 2.24. The van der Waals surface area contributed by atoms with Gasteiger partial charge < -0.3 is 40.2 Å². The van der Waals surface area contributed by atoms with E-state index < -0.39 is 5.97 Å². The molecule has 0 aliphatic heterocycles.